The zero-order chi connectivity index (χ0) is 9.54. The van der Waals surface area contributed by atoms with Crippen LogP contribution in [-0.2, 0) is 6.54 Å². The molecule has 2 fully saturated rings. The summed E-state index contributed by atoms with van der Waals surface area (Å²) in [6.07, 6.45) is 8.06. The summed E-state index contributed by atoms with van der Waals surface area (Å²) < 4.78 is 3.25. The van der Waals surface area contributed by atoms with Gasteiger partial charge >= 0.3 is 0 Å². The van der Waals surface area contributed by atoms with Gasteiger partial charge in [-0.15, -0.1) is 0 Å². The predicted molar refractivity (Wildman–Crippen MR) is 63.9 cm³/mol. The molecule has 0 amide bonds. The van der Waals surface area contributed by atoms with E-state index in [0.29, 0.717) is 0 Å². The minimum absolute atomic E-state index is 0.921. The molecule has 2 aliphatic carbocycles. The Morgan fingerprint density at radius 2 is 2.36 bits per heavy atom. The van der Waals surface area contributed by atoms with Gasteiger partial charge in [0.2, 0.25) is 0 Å². The second kappa shape index (κ2) is 3.51. The van der Waals surface area contributed by atoms with Gasteiger partial charge in [-0.2, -0.15) is 5.10 Å². The fourth-order valence-corrected chi connectivity index (χ4v) is 3.72. The highest BCUT2D eigenvalue weighted by molar-refractivity contribution is 14.1. The van der Waals surface area contributed by atoms with Crippen molar-refractivity contribution in [3.63, 3.8) is 0 Å². The molecule has 2 nitrogen and oxygen atoms in total. The van der Waals surface area contributed by atoms with Gasteiger partial charge in [0.25, 0.3) is 0 Å². The fourth-order valence-electron chi connectivity index (χ4n) is 3.28. The third kappa shape index (κ3) is 1.59. The third-order valence-corrected chi connectivity index (χ3v) is 4.49. The van der Waals surface area contributed by atoms with Crippen molar-refractivity contribution in [2.24, 2.45) is 17.8 Å². The van der Waals surface area contributed by atoms with Gasteiger partial charge < -0.3 is 0 Å². The Labute approximate surface area is 98.2 Å². The molecule has 76 valence electrons. The quantitative estimate of drug-likeness (QED) is 0.768. The molecule has 0 aliphatic heterocycles. The van der Waals surface area contributed by atoms with E-state index < -0.39 is 0 Å². The molecule has 0 saturated heterocycles. The number of hydrogen-bond donors (Lipinski definition) is 0. The third-order valence-electron chi connectivity index (χ3n) is 3.91. The van der Waals surface area contributed by atoms with E-state index >= 15 is 0 Å². The largest absolute Gasteiger partial charge is 0.271 e. The van der Waals surface area contributed by atoms with Crippen LogP contribution >= 0.6 is 22.6 Å². The van der Waals surface area contributed by atoms with E-state index in [1.54, 1.807) is 0 Å². The van der Waals surface area contributed by atoms with Gasteiger partial charge in [0.05, 0.1) is 0 Å². The van der Waals surface area contributed by atoms with Crippen molar-refractivity contribution < 1.29 is 0 Å². The summed E-state index contributed by atoms with van der Waals surface area (Å²) in [7, 11) is 0. The Kier molecular flexibility index (Phi) is 2.30. The van der Waals surface area contributed by atoms with Crippen LogP contribution in [0.15, 0.2) is 12.3 Å². The first-order valence-electron chi connectivity index (χ1n) is 5.50. The lowest BCUT2D eigenvalue weighted by Crippen LogP contribution is -2.17. The van der Waals surface area contributed by atoms with Crippen molar-refractivity contribution >= 4 is 22.6 Å². The Bertz CT molecular complexity index is 334. The Hall–Kier alpha value is -0.0600. The molecule has 0 radical (unpaired) electrons. The summed E-state index contributed by atoms with van der Waals surface area (Å²) in [5.74, 6) is 2.99. The topological polar surface area (TPSA) is 17.8 Å². The monoisotopic (exact) mass is 302 g/mol. The van der Waals surface area contributed by atoms with Crippen LogP contribution in [0, 0.1) is 21.5 Å². The second-order valence-corrected chi connectivity index (χ2v) is 5.90. The van der Waals surface area contributed by atoms with Crippen molar-refractivity contribution in [3.8, 4) is 0 Å². The maximum Gasteiger partial charge on any atom is 0.123 e. The molecule has 2 aliphatic rings. The molecule has 3 unspecified atom stereocenters. The molecule has 14 heavy (non-hydrogen) atoms. The lowest BCUT2D eigenvalue weighted by atomic mass is 9.89. The highest BCUT2D eigenvalue weighted by Gasteiger charge is 2.39. The molecule has 1 aromatic heterocycles. The number of hydrogen-bond acceptors (Lipinski definition) is 1. The zero-order valence-corrected chi connectivity index (χ0v) is 10.4. The van der Waals surface area contributed by atoms with Crippen molar-refractivity contribution in [2.45, 2.75) is 32.2 Å². The maximum atomic E-state index is 4.46. The normalized spacial score (nSPS) is 35.4. The van der Waals surface area contributed by atoms with Crippen molar-refractivity contribution in [3.05, 3.63) is 16.0 Å². The van der Waals surface area contributed by atoms with E-state index in [-0.39, 0.29) is 0 Å². The van der Waals surface area contributed by atoms with Crippen LogP contribution in [0.5, 0.6) is 0 Å². The van der Waals surface area contributed by atoms with Crippen LogP contribution in [0.2, 0.25) is 0 Å². The molecule has 0 spiro atoms. The smallest absolute Gasteiger partial charge is 0.123 e. The fraction of sp³-hybridized carbons (Fsp3) is 0.727. The van der Waals surface area contributed by atoms with Gasteiger partial charge in [-0.3, -0.25) is 4.68 Å². The lowest BCUT2D eigenvalue weighted by molar-refractivity contribution is 0.285. The van der Waals surface area contributed by atoms with Gasteiger partial charge in [0, 0.05) is 12.7 Å². The Morgan fingerprint density at radius 3 is 2.93 bits per heavy atom. The average molecular weight is 302 g/mol. The highest BCUT2D eigenvalue weighted by Crippen LogP contribution is 2.48. The molecule has 1 heterocycles. The summed E-state index contributed by atoms with van der Waals surface area (Å²) in [6, 6.07) is 2.09. The van der Waals surface area contributed by atoms with Crippen LogP contribution < -0.4 is 0 Å². The molecule has 3 rings (SSSR count). The van der Waals surface area contributed by atoms with E-state index in [1.165, 1.54) is 25.7 Å². The molecule has 3 heteroatoms. The van der Waals surface area contributed by atoms with Crippen LogP contribution in [-0.4, -0.2) is 9.78 Å². The summed E-state index contributed by atoms with van der Waals surface area (Å²) in [5.41, 5.74) is 0. The number of rotatable bonds is 2. The van der Waals surface area contributed by atoms with E-state index in [0.717, 1.165) is 28.0 Å². The standard InChI is InChI=1S/C11H15IN2/c12-11-3-4-14(13-11)7-10-6-8-1-2-9(10)5-8/h3-4,8-10H,1-2,5-7H2. The summed E-state index contributed by atoms with van der Waals surface area (Å²) in [6.45, 7) is 1.16. The number of aromatic nitrogens is 2. The molecular weight excluding hydrogens is 287 g/mol. The van der Waals surface area contributed by atoms with E-state index in [9.17, 15) is 0 Å². The van der Waals surface area contributed by atoms with Gasteiger partial charge in [-0.1, -0.05) is 6.42 Å². The minimum atomic E-state index is 0.921. The van der Waals surface area contributed by atoms with Crippen LogP contribution in [0.1, 0.15) is 25.7 Å². The van der Waals surface area contributed by atoms with E-state index in [2.05, 4.69) is 44.6 Å². The highest BCUT2D eigenvalue weighted by atomic mass is 127. The van der Waals surface area contributed by atoms with Gasteiger partial charge in [0.1, 0.15) is 3.70 Å². The van der Waals surface area contributed by atoms with Crippen LogP contribution in [0.25, 0.3) is 0 Å². The molecule has 0 N–H and O–H groups in total. The first kappa shape index (κ1) is 9.19. The van der Waals surface area contributed by atoms with Gasteiger partial charge in [0.15, 0.2) is 0 Å². The molecular formula is C11H15IN2. The maximum absolute atomic E-state index is 4.46. The van der Waals surface area contributed by atoms with Crippen molar-refractivity contribution in [2.75, 3.05) is 0 Å². The van der Waals surface area contributed by atoms with Crippen LogP contribution in [0.4, 0.5) is 0 Å². The average Bonchev–Trinajstić information content (AvgIpc) is 2.82. The Morgan fingerprint density at radius 1 is 1.43 bits per heavy atom. The molecule has 2 saturated carbocycles. The minimum Gasteiger partial charge on any atom is -0.271 e. The second-order valence-electron chi connectivity index (χ2n) is 4.80. The number of nitrogens with zero attached hydrogens (tertiary/aromatic N) is 2. The predicted octanol–water partition coefficient (Wildman–Crippen LogP) is 2.92. The Balaban J connectivity index is 1.68. The first-order chi connectivity index (χ1) is 6.81. The summed E-state index contributed by atoms with van der Waals surface area (Å²) in [4.78, 5) is 0. The first-order valence-corrected chi connectivity index (χ1v) is 6.58. The number of halogens is 1. The zero-order valence-electron chi connectivity index (χ0n) is 8.19. The van der Waals surface area contributed by atoms with E-state index in [1.807, 2.05) is 0 Å². The van der Waals surface area contributed by atoms with Crippen LogP contribution in [0.3, 0.4) is 0 Å². The molecule has 0 aromatic carbocycles. The molecule has 1 aromatic rings. The molecule has 2 bridgehead atoms. The summed E-state index contributed by atoms with van der Waals surface area (Å²) >= 11 is 2.28. The molecule has 3 atom stereocenters. The van der Waals surface area contributed by atoms with Gasteiger partial charge in [-0.25, -0.2) is 0 Å². The lowest BCUT2D eigenvalue weighted by Gasteiger charge is -2.21. The van der Waals surface area contributed by atoms with E-state index in [4.69, 9.17) is 0 Å². The van der Waals surface area contributed by atoms with Gasteiger partial charge in [-0.05, 0) is 65.7 Å². The SMILES string of the molecule is Ic1ccn(CC2CC3CCC2C3)n1. The summed E-state index contributed by atoms with van der Waals surface area (Å²) in [5, 5.41) is 4.46. The van der Waals surface area contributed by atoms with Crippen molar-refractivity contribution in [1.82, 2.24) is 9.78 Å². The van der Waals surface area contributed by atoms with Crippen molar-refractivity contribution in [1.29, 1.82) is 0 Å². The number of fused-ring (bicyclic) bond motifs is 2.